The zero-order valence-electron chi connectivity index (χ0n) is 11.9. The molecule has 4 heteroatoms. The van der Waals surface area contributed by atoms with Gasteiger partial charge >= 0.3 is 0 Å². The molecule has 0 radical (unpaired) electrons. The first-order valence-corrected chi connectivity index (χ1v) is 7.15. The highest BCUT2D eigenvalue weighted by Crippen LogP contribution is 2.39. The number of rotatable bonds is 4. The average Bonchev–Trinajstić information content (AvgIpc) is 2.40. The van der Waals surface area contributed by atoms with Crippen LogP contribution in [0.5, 0.6) is 11.5 Å². The van der Waals surface area contributed by atoms with Crippen molar-refractivity contribution in [3.05, 3.63) is 22.2 Å². The van der Waals surface area contributed by atoms with E-state index in [9.17, 15) is 0 Å². The van der Waals surface area contributed by atoms with Crippen LogP contribution in [0.3, 0.4) is 0 Å². The summed E-state index contributed by atoms with van der Waals surface area (Å²) in [5, 5.41) is 4.11. The average molecular weight is 284 g/mol. The topological polar surface area (TPSA) is 30.5 Å². The molecule has 0 spiro atoms. The van der Waals surface area contributed by atoms with Crippen LogP contribution in [0.4, 0.5) is 0 Å². The lowest BCUT2D eigenvalue weighted by atomic mass is 9.91. The second-order valence-electron chi connectivity index (χ2n) is 5.13. The molecule has 1 heterocycles. The Morgan fingerprint density at radius 1 is 1.32 bits per heavy atom. The predicted octanol–water partition coefficient (Wildman–Crippen LogP) is 3.21. The minimum absolute atomic E-state index is 0.659. The fraction of sp³-hybridized carbons (Fsp3) is 0.600. The van der Waals surface area contributed by atoms with Gasteiger partial charge in [-0.05, 0) is 56.8 Å². The zero-order valence-corrected chi connectivity index (χ0v) is 12.6. The molecule has 0 aliphatic carbocycles. The molecule has 1 aliphatic rings. The maximum absolute atomic E-state index is 6.29. The highest BCUT2D eigenvalue weighted by atomic mass is 35.5. The third-order valence-corrected chi connectivity index (χ3v) is 4.09. The number of benzene rings is 1. The highest BCUT2D eigenvalue weighted by Gasteiger charge is 2.20. The summed E-state index contributed by atoms with van der Waals surface area (Å²) in [5.74, 6) is 2.28. The molecule has 1 aromatic carbocycles. The fourth-order valence-corrected chi connectivity index (χ4v) is 3.25. The molecule has 0 amide bonds. The molecule has 1 aliphatic heterocycles. The SMILES string of the molecule is COc1c(Cl)cc(CC2CCCNC2)c(OC)c1C. The number of hydrogen-bond donors (Lipinski definition) is 1. The van der Waals surface area contributed by atoms with Gasteiger partial charge in [-0.25, -0.2) is 0 Å². The standard InChI is InChI=1S/C15H22ClNO2/c1-10-14(18-2)12(8-13(16)15(10)19-3)7-11-5-4-6-17-9-11/h8,11,17H,4-7,9H2,1-3H3. The minimum Gasteiger partial charge on any atom is -0.496 e. The van der Waals surface area contributed by atoms with Gasteiger partial charge in [-0.2, -0.15) is 0 Å². The Bertz CT molecular complexity index is 442. The van der Waals surface area contributed by atoms with Gasteiger partial charge < -0.3 is 14.8 Å². The van der Waals surface area contributed by atoms with Crippen LogP contribution in [-0.4, -0.2) is 27.3 Å². The van der Waals surface area contributed by atoms with Crippen molar-refractivity contribution in [3.8, 4) is 11.5 Å². The van der Waals surface area contributed by atoms with Crippen LogP contribution in [0.15, 0.2) is 6.07 Å². The van der Waals surface area contributed by atoms with Crippen molar-refractivity contribution in [1.82, 2.24) is 5.32 Å². The molecule has 3 nitrogen and oxygen atoms in total. The lowest BCUT2D eigenvalue weighted by molar-refractivity contribution is 0.359. The maximum atomic E-state index is 6.29. The molecule has 1 aromatic rings. The van der Waals surface area contributed by atoms with E-state index in [4.69, 9.17) is 21.1 Å². The molecule has 106 valence electrons. The van der Waals surface area contributed by atoms with Crippen LogP contribution in [0, 0.1) is 12.8 Å². The number of hydrogen-bond acceptors (Lipinski definition) is 3. The van der Waals surface area contributed by atoms with Crippen molar-refractivity contribution in [2.24, 2.45) is 5.92 Å². The van der Waals surface area contributed by atoms with Gasteiger partial charge in [-0.3, -0.25) is 0 Å². The van der Waals surface area contributed by atoms with Crippen molar-refractivity contribution < 1.29 is 9.47 Å². The summed E-state index contributed by atoms with van der Waals surface area (Å²) in [7, 11) is 3.34. The Morgan fingerprint density at radius 2 is 2.05 bits per heavy atom. The van der Waals surface area contributed by atoms with E-state index in [1.807, 2.05) is 13.0 Å². The summed E-state index contributed by atoms with van der Waals surface area (Å²) >= 11 is 6.29. The van der Waals surface area contributed by atoms with E-state index in [-0.39, 0.29) is 0 Å². The molecule has 0 bridgehead atoms. The number of nitrogens with one attached hydrogen (secondary N) is 1. The van der Waals surface area contributed by atoms with Crippen LogP contribution in [-0.2, 0) is 6.42 Å². The van der Waals surface area contributed by atoms with E-state index in [2.05, 4.69) is 5.32 Å². The Hall–Kier alpha value is -0.930. The zero-order chi connectivity index (χ0) is 13.8. The van der Waals surface area contributed by atoms with Gasteiger partial charge in [0.25, 0.3) is 0 Å². The number of methoxy groups -OCH3 is 2. The van der Waals surface area contributed by atoms with Gasteiger partial charge in [0.1, 0.15) is 11.5 Å². The van der Waals surface area contributed by atoms with E-state index >= 15 is 0 Å². The normalized spacial score (nSPS) is 19.3. The predicted molar refractivity (Wildman–Crippen MR) is 78.6 cm³/mol. The summed E-state index contributed by atoms with van der Waals surface area (Å²) in [6.07, 6.45) is 3.51. The molecule has 19 heavy (non-hydrogen) atoms. The molecule has 1 unspecified atom stereocenters. The summed E-state index contributed by atoms with van der Waals surface area (Å²) in [5.41, 5.74) is 2.16. The Labute approximate surface area is 120 Å². The third kappa shape index (κ3) is 3.15. The summed E-state index contributed by atoms with van der Waals surface area (Å²) in [6, 6.07) is 1.99. The summed E-state index contributed by atoms with van der Waals surface area (Å²) < 4.78 is 10.9. The van der Waals surface area contributed by atoms with Crippen molar-refractivity contribution >= 4 is 11.6 Å². The van der Waals surface area contributed by atoms with E-state index in [1.165, 1.54) is 18.4 Å². The van der Waals surface area contributed by atoms with Crippen LogP contribution in [0.2, 0.25) is 5.02 Å². The highest BCUT2D eigenvalue weighted by molar-refractivity contribution is 6.32. The molecular formula is C15H22ClNO2. The third-order valence-electron chi connectivity index (χ3n) is 3.81. The quantitative estimate of drug-likeness (QED) is 0.920. The van der Waals surface area contributed by atoms with Gasteiger partial charge in [0, 0.05) is 5.56 Å². The molecule has 1 saturated heterocycles. The summed E-state index contributed by atoms with van der Waals surface area (Å²) in [6.45, 7) is 4.20. The van der Waals surface area contributed by atoms with Crippen molar-refractivity contribution in [3.63, 3.8) is 0 Å². The molecular weight excluding hydrogens is 262 g/mol. The largest absolute Gasteiger partial charge is 0.496 e. The molecule has 1 fully saturated rings. The van der Waals surface area contributed by atoms with E-state index in [0.717, 1.165) is 30.8 Å². The van der Waals surface area contributed by atoms with Crippen molar-refractivity contribution in [2.75, 3.05) is 27.3 Å². The lowest BCUT2D eigenvalue weighted by Crippen LogP contribution is -2.30. The van der Waals surface area contributed by atoms with Crippen LogP contribution in [0.1, 0.15) is 24.0 Å². The first-order valence-electron chi connectivity index (χ1n) is 6.78. The molecule has 0 saturated carbocycles. The van der Waals surface area contributed by atoms with E-state index < -0.39 is 0 Å². The second kappa shape index (κ2) is 6.49. The Morgan fingerprint density at radius 3 is 2.63 bits per heavy atom. The number of ether oxygens (including phenoxy) is 2. The van der Waals surface area contributed by atoms with E-state index in [1.54, 1.807) is 14.2 Å². The second-order valence-corrected chi connectivity index (χ2v) is 5.53. The molecule has 1 atom stereocenters. The Kier molecular flexibility index (Phi) is 4.94. The minimum atomic E-state index is 0.659. The first-order chi connectivity index (χ1) is 9.17. The van der Waals surface area contributed by atoms with Gasteiger partial charge in [0.2, 0.25) is 0 Å². The lowest BCUT2D eigenvalue weighted by Gasteiger charge is -2.24. The first kappa shape index (κ1) is 14.5. The molecule has 1 N–H and O–H groups in total. The van der Waals surface area contributed by atoms with Gasteiger partial charge in [0.05, 0.1) is 19.2 Å². The van der Waals surface area contributed by atoms with Gasteiger partial charge in [-0.15, -0.1) is 0 Å². The monoisotopic (exact) mass is 283 g/mol. The Balaban J connectivity index is 2.28. The smallest absolute Gasteiger partial charge is 0.144 e. The maximum Gasteiger partial charge on any atom is 0.144 e. The number of piperidine rings is 1. The molecule has 2 rings (SSSR count). The fourth-order valence-electron chi connectivity index (χ4n) is 2.90. The number of halogens is 1. The van der Waals surface area contributed by atoms with E-state index in [0.29, 0.717) is 16.7 Å². The van der Waals surface area contributed by atoms with Crippen molar-refractivity contribution in [2.45, 2.75) is 26.2 Å². The molecule has 0 aromatic heterocycles. The van der Waals surface area contributed by atoms with Crippen LogP contribution in [0.25, 0.3) is 0 Å². The van der Waals surface area contributed by atoms with Crippen molar-refractivity contribution in [1.29, 1.82) is 0 Å². The van der Waals surface area contributed by atoms with Gasteiger partial charge in [0.15, 0.2) is 0 Å². The van der Waals surface area contributed by atoms with Gasteiger partial charge in [-0.1, -0.05) is 11.6 Å². The van der Waals surface area contributed by atoms with Crippen LogP contribution >= 0.6 is 11.6 Å². The van der Waals surface area contributed by atoms with Crippen LogP contribution < -0.4 is 14.8 Å². The summed E-state index contributed by atoms with van der Waals surface area (Å²) in [4.78, 5) is 0.